The molecular formula is C19H19NO3. The van der Waals surface area contributed by atoms with E-state index in [1.807, 2.05) is 38.1 Å². The number of hydrogen-bond donors (Lipinski definition) is 1. The first-order valence-electron chi connectivity index (χ1n) is 7.76. The van der Waals surface area contributed by atoms with Gasteiger partial charge in [-0.05, 0) is 49.2 Å². The number of nitrogens with one attached hydrogen (secondary N) is 1. The fraction of sp³-hybridized carbons (Fsp3) is 0.263. The number of aryl methyl sites for hydroxylation is 1. The number of fused-ring (bicyclic) bond motifs is 1. The third-order valence-electron chi connectivity index (χ3n) is 4.11. The third kappa shape index (κ3) is 2.97. The van der Waals surface area contributed by atoms with Crippen LogP contribution in [-0.2, 0) is 4.79 Å². The minimum absolute atomic E-state index is 0.0375. The molecule has 0 bridgehead atoms. The fourth-order valence-corrected chi connectivity index (χ4v) is 3.04. The van der Waals surface area contributed by atoms with Crippen molar-refractivity contribution < 1.29 is 14.3 Å². The molecule has 4 heteroatoms. The van der Waals surface area contributed by atoms with E-state index >= 15 is 0 Å². The van der Waals surface area contributed by atoms with Crippen LogP contribution in [0.3, 0.4) is 0 Å². The van der Waals surface area contributed by atoms with Gasteiger partial charge in [0, 0.05) is 17.7 Å². The van der Waals surface area contributed by atoms with Gasteiger partial charge >= 0.3 is 0 Å². The second-order valence-electron chi connectivity index (χ2n) is 5.66. The Bertz CT molecular complexity index is 750. The number of carbonyl (C=O) groups excluding carboxylic acids is 2. The number of hydrogen-bond acceptors (Lipinski definition) is 3. The molecule has 1 N–H and O–H groups in total. The number of benzene rings is 2. The third-order valence-corrected chi connectivity index (χ3v) is 4.11. The molecule has 118 valence electrons. The van der Waals surface area contributed by atoms with Gasteiger partial charge < -0.3 is 10.1 Å². The van der Waals surface area contributed by atoms with E-state index in [0.29, 0.717) is 17.9 Å². The zero-order valence-electron chi connectivity index (χ0n) is 13.3. The summed E-state index contributed by atoms with van der Waals surface area (Å²) >= 11 is 0. The Hall–Kier alpha value is -2.62. The lowest BCUT2D eigenvalue weighted by Crippen LogP contribution is -2.20. The SMILES string of the molecule is CCOc1ccc(NC(=O)C2CC(=O)c3cccc(C)c32)cc1. The summed E-state index contributed by atoms with van der Waals surface area (Å²) in [5.74, 6) is 0.249. The van der Waals surface area contributed by atoms with Crippen molar-refractivity contribution in [3.63, 3.8) is 0 Å². The molecule has 3 rings (SSSR count). The summed E-state index contributed by atoms with van der Waals surface area (Å²) in [4.78, 5) is 24.7. The Morgan fingerprint density at radius 2 is 1.96 bits per heavy atom. The number of rotatable bonds is 4. The highest BCUT2D eigenvalue weighted by Gasteiger charge is 2.35. The minimum Gasteiger partial charge on any atom is -0.494 e. The first kappa shape index (κ1) is 15.3. The molecule has 0 saturated carbocycles. The molecule has 0 saturated heterocycles. The summed E-state index contributed by atoms with van der Waals surface area (Å²) in [5, 5.41) is 2.90. The summed E-state index contributed by atoms with van der Waals surface area (Å²) in [5.41, 5.74) is 3.23. The van der Waals surface area contributed by atoms with Crippen molar-refractivity contribution in [2.45, 2.75) is 26.2 Å². The van der Waals surface area contributed by atoms with Crippen molar-refractivity contribution in [2.24, 2.45) is 0 Å². The van der Waals surface area contributed by atoms with E-state index in [2.05, 4.69) is 5.32 Å². The lowest BCUT2D eigenvalue weighted by molar-refractivity contribution is -0.117. The van der Waals surface area contributed by atoms with Gasteiger partial charge in [0.2, 0.25) is 5.91 Å². The van der Waals surface area contributed by atoms with Crippen LogP contribution in [-0.4, -0.2) is 18.3 Å². The smallest absolute Gasteiger partial charge is 0.232 e. The zero-order valence-corrected chi connectivity index (χ0v) is 13.3. The second-order valence-corrected chi connectivity index (χ2v) is 5.66. The van der Waals surface area contributed by atoms with E-state index in [1.54, 1.807) is 18.2 Å². The molecule has 1 atom stereocenters. The van der Waals surface area contributed by atoms with E-state index in [1.165, 1.54) is 0 Å². The number of ketones is 1. The van der Waals surface area contributed by atoms with E-state index in [-0.39, 0.29) is 18.1 Å². The van der Waals surface area contributed by atoms with Crippen molar-refractivity contribution in [1.82, 2.24) is 0 Å². The molecule has 1 amide bonds. The Kier molecular flexibility index (Phi) is 4.15. The molecule has 1 aliphatic carbocycles. The van der Waals surface area contributed by atoms with Crippen LogP contribution < -0.4 is 10.1 Å². The zero-order chi connectivity index (χ0) is 16.4. The Labute approximate surface area is 135 Å². The van der Waals surface area contributed by atoms with Crippen LogP contribution in [0.5, 0.6) is 5.75 Å². The molecule has 2 aromatic carbocycles. The predicted octanol–water partition coefficient (Wildman–Crippen LogP) is 3.70. The molecular weight excluding hydrogens is 290 g/mol. The van der Waals surface area contributed by atoms with Gasteiger partial charge in [0.1, 0.15) is 5.75 Å². The van der Waals surface area contributed by atoms with Crippen molar-refractivity contribution in [3.8, 4) is 5.75 Å². The average Bonchev–Trinajstić information content (AvgIpc) is 2.88. The topological polar surface area (TPSA) is 55.4 Å². The van der Waals surface area contributed by atoms with E-state index in [0.717, 1.165) is 16.9 Å². The Morgan fingerprint density at radius 1 is 1.22 bits per heavy atom. The molecule has 0 heterocycles. The average molecular weight is 309 g/mol. The van der Waals surface area contributed by atoms with Crippen molar-refractivity contribution in [2.75, 3.05) is 11.9 Å². The van der Waals surface area contributed by atoms with Crippen LogP contribution in [0.2, 0.25) is 0 Å². The molecule has 23 heavy (non-hydrogen) atoms. The lowest BCUT2D eigenvalue weighted by Gasteiger charge is -2.14. The van der Waals surface area contributed by atoms with Crippen LogP contribution in [0.4, 0.5) is 5.69 Å². The van der Waals surface area contributed by atoms with E-state index in [4.69, 9.17) is 4.74 Å². The van der Waals surface area contributed by atoms with Crippen molar-refractivity contribution >= 4 is 17.4 Å². The molecule has 1 aliphatic rings. The highest BCUT2D eigenvalue weighted by atomic mass is 16.5. The van der Waals surface area contributed by atoms with Gasteiger partial charge in [0.25, 0.3) is 0 Å². The summed E-state index contributed by atoms with van der Waals surface area (Å²) < 4.78 is 5.38. The molecule has 0 fully saturated rings. The normalized spacial score (nSPS) is 16.1. The van der Waals surface area contributed by atoms with Gasteiger partial charge in [-0.1, -0.05) is 18.2 Å². The van der Waals surface area contributed by atoms with Gasteiger partial charge in [0.15, 0.2) is 5.78 Å². The largest absolute Gasteiger partial charge is 0.494 e. The number of anilines is 1. The maximum atomic E-state index is 12.6. The number of amides is 1. The number of carbonyl (C=O) groups is 2. The molecule has 2 aromatic rings. The Balaban J connectivity index is 1.79. The lowest BCUT2D eigenvalue weighted by atomic mass is 9.96. The first-order valence-corrected chi connectivity index (χ1v) is 7.76. The van der Waals surface area contributed by atoms with E-state index in [9.17, 15) is 9.59 Å². The molecule has 0 aliphatic heterocycles. The highest BCUT2D eigenvalue weighted by molar-refractivity contribution is 6.09. The number of ether oxygens (including phenoxy) is 1. The van der Waals surface area contributed by atoms with Crippen LogP contribution in [0.15, 0.2) is 42.5 Å². The van der Waals surface area contributed by atoms with Crippen LogP contribution in [0.1, 0.15) is 40.7 Å². The van der Waals surface area contributed by atoms with Crippen molar-refractivity contribution in [1.29, 1.82) is 0 Å². The molecule has 1 unspecified atom stereocenters. The first-order chi connectivity index (χ1) is 11.1. The van der Waals surface area contributed by atoms with Crippen molar-refractivity contribution in [3.05, 3.63) is 59.2 Å². The minimum atomic E-state index is -0.412. The summed E-state index contributed by atoms with van der Waals surface area (Å²) in [6.45, 7) is 4.47. The summed E-state index contributed by atoms with van der Waals surface area (Å²) in [6, 6.07) is 12.8. The quantitative estimate of drug-likeness (QED) is 0.937. The van der Waals surface area contributed by atoms with E-state index < -0.39 is 5.92 Å². The number of Topliss-reactive ketones (excluding diaryl/α,β-unsaturated/α-hetero) is 1. The molecule has 0 aromatic heterocycles. The predicted molar refractivity (Wildman–Crippen MR) is 89.1 cm³/mol. The maximum absolute atomic E-state index is 12.6. The fourth-order valence-electron chi connectivity index (χ4n) is 3.04. The van der Waals surface area contributed by atoms with Gasteiger partial charge in [-0.15, -0.1) is 0 Å². The molecule has 0 radical (unpaired) electrons. The summed E-state index contributed by atoms with van der Waals surface area (Å²) in [7, 11) is 0. The molecule has 0 spiro atoms. The van der Waals surface area contributed by atoms with Gasteiger partial charge in [0.05, 0.1) is 12.5 Å². The molecule has 4 nitrogen and oxygen atoms in total. The standard InChI is InChI=1S/C19H19NO3/c1-3-23-14-9-7-13(8-10-14)20-19(22)16-11-17(21)15-6-4-5-12(2)18(15)16/h4-10,16H,3,11H2,1-2H3,(H,20,22). The summed E-state index contributed by atoms with van der Waals surface area (Å²) in [6.07, 6.45) is 0.239. The Morgan fingerprint density at radius 3 is 2.65 bits per heavy atom. The van der Waals surface area contributed by atoms with Crippen LogP contribution in [0, 0.1) is 6.92 Å². The van der Waals surface area contributed by atoms with Gasteiger partial charge in [-0.3, -0.25) is 9.59 Å². The highest BCUT2D eigenvalue weighted by Crippen LogP contribution is 2.36. The van der Waals surface area contributed by atoms with Gasteiger partial charge in [-0.25, -0.2) is 0 Å². The van der Waals surface area contributed by atoms with Crippen LogP contribution >= 0.6 is 0 Å². The monoisotopic (exact) mass is 309 g/mol. The van der Waals surface area contributed by atoms with Gasteiger partial charge in [-0.2, -0.15) is 0 Å². The maximum Gasteiger partial charge on any atom is 0.232 e. The van der Waals surface area contributed by atoms with Crippen LogP contribution in [0.25, 0.3) is 0 Å². The second kappa shape index (κ2) is 6.24.